The second kappa shape index (κ2) is 7.04. The van der Waals surface area contributed by atoms with Crippen LogP contribution in [0.1, 0.15) is 5.56 Å². The molecule has 7 heteroatoms. The molecule has 2 aromatic rings. The van der Waals surface area contributed by atoms with Gasteiger partial charge in [0.2, 0.25) is 0 Å². The van der Waals surface area contributed by atoms with E-state index in [1.54, 1.807) is 12.1 Å². The lowest BCUT2D eigenvalue weighted by Gasteiger charge is -2.08. The Kier molecular flexibility index (Phi) is 5.36. The zero-order chi connectivity index (χ0) is 15.3. The van der Waals surface area contributed by atoms with Crippen molar-refractivity contribution in [3.05, 3.63) is 53.2 Å². The van der Waals surface area contributed by atoms with Gasteiger partial charge in [0.05, 0.1) is 10.6 Å². The van der Waals surface area contributed by atoms with Gasteiger partial charge in [-0.3, -0.25) is 0 Å². The molecular formula is C14H12ClF3N2S. The van der Waals surface area contributed by atoms with Gasteiger partial charge < -0.3 is 5.32 Å². The van der Waals surface area contributed by atoms with E-state index in [0.29, 0.717) is 22.3 Å². The van der Waals surface area contributed by atoms with Crippen LogP contribution in [0.25, 0.3) is 0 Å². The van der Waals surface area contributed by atoms with Crippen molar-refractivity contribution in [3.8, 4) is 0 Å². The van der Waals surface area contributed by atoms with Crippen LogP contribution >= 0.6 is 23.4 Å². The number of nitrogens with one attached hydrogen (secondary N) is 1. The molecule has 112 valence electrons. The molecule has 1 aromatic heterocycles. The van der Waals surface area contributed by atoms with Gasteiger partial charge in [-0.25, -0.2) is 4.98 Å². The number of nitrogens with zero attached hydrogens (tertiary/aromatic N) is 1. The van der Waals surface area contributed by atoms with E-state index in [-0.39, 0.29) is 0 Å². The highest BCUT2D eigenvalue weighted by Gasteiger charge is 2.30. The summed E-state index contributed by atoms with van der Waals surface area (Å²) >= 11 is 7.17. The van der Waals surface area contributed by atoms with Gasteiger partial charge in [-0.2, -0.15) is 13.2 Å². The Balaban J connectivity index is 1.77. The molecule has 1 N–H and O–H groups in total. The fourth-order valence-electron chi connectivity index (χ4n) is 1.55. The maximum atomic E-state index is 12.4. The molecule has 2 rings (SSSR count). The number of alkyl halides is 3. The van der Waals surface area contributed by atoms with E-state index >= 15 is 0 Å². The minimum Gasteiger partial charge on any atom is -0.384 e. The third kappa shape index (κ3) is 5.13. The Morgan fingerprint density at radius 2 is 1.81 bits per heavy atom. The smallest absolute Gasteiger partial charge is 0.384 e. The predicted molar refractivity (Wildman–Crippen MR) is 79.9 cm³/mol. The molecular weight excluding hydrogens is 321 g/mol. The molecule has 0 saturated carbocycles. The number of hydrogen-bond acceptors (Lipinski definition) is 3. The van der Waals surface area contributed by atoms with Gasteiger partial charge in [0.25, 0.3) is 0 Å². The first kappa shape index (κ1) is 16.0. The first-order chi connectivity index (χ1) is 9.95. The third-order valence-corrected chi connectivity index (χ3v) is 3.79. The first-order valence-electron chi connectivity index (χ1n) is 6.10. The summed E-state index contributed by atoms with van der Waals surface area (Å²) in [5, 5.41) is 4.43. The number of hydrogen-bond donors (Lipinski definition) is 1. The van der Waals surface area contributed by atoms with Gasteiger partial charge >= 0.3 is 6.18 Å². The molecule has 0 spiro atoms. The van der Waals surface area contributed by atoms with Crippen LogP contribution in [0, 0.1) is 0 Å². The number of anilines is 1. The quantitative estimate of drug-likeness (QED) is 0.619. The molecule has 0 aliphatic carbocycles. The van der Waals surface area contributed by atoms with E-state index in [0.717, 1.165) is 18.0 Å². The van der Waals surface area contributed by atoms with E-state index in [1.165, 1.54) is 17.8 Å². The van der Waals surface area contributed by atoms with Crippen molar-refractivity contribution >= 4 is 29.1 Å². The monoisotopic (exact) mass is 332 g/mol. The summed E-state index contributed by atoms with van der Waals surface area (Å²) in [7, 11) is 0. The molecule has 21 heavy (non-hydrogen) atoms. The molecule has 0 radical (unpaired) electrons. The van der Waals surface area contributed by atoms with Crippen LogP contribution in [-0.2, 0) is 6.18 Å². The molecule has 2 nitrogen and oxygen atoms in total. The standard InChI is InChI=1S/C14H12ClF3N2S/c15-11-2-4-12(5-3-11)19-7-8-21-13-6-1-10(9-20-13)14(16,17)18/h1-6,9,19H,7-8H2. The molecule has 0 bridgehead atoms. The zero-order valence-corrected chi connectivity index (χ0v) is 12.4. The second-order valence-corrected chi connectivity index (χ2v) is 5.72. The number of benzene rings is 1. The molecule has 0 aliphatic heterocycles. The SMILES string of the molecule is FC(F)(F)c1ccc(SCCNc2ccc(Cl)cc2)nc1. The maximum Gasteiger partial charge on any atom is 0.417 e. The second-order valence-electron chi connectivity index (χ2n) is 4.17. The van der Waals surface area contributed by atoms with E-state index in [1.807, 2.05) is 12.1 Å². The molecule has 0 unspecified atom stereocenters. The van der Waals surface area contributed by atoms with Crippen LogP contribution in [0.3, 0.4) is 0 Å². The highest BCUT2D eigenvalue weighted by Crippen LogP contribution is 2.29. The van der Waals surface area contributed by atoms with Gasteiger partial charge in [-0.05, 0) is 36.4 Å². The Labute approximate surface area is 129 Å². The lowest BCUT2D eigenvalue weighted by atomic mass is 10.3. The van der Waals surface area contributed by atoms with Crippen molar-refractivity contribution in [3.63, 3.8) is 0 Å². The van der Waals surface area contributed by atoms with Gasteiger partial charge in [0.1, 0.15) is 0 Å². The van der Waals surface area contributed by atoms with Crippen molar-refractivity contribution in [1.82, 2.24) is 4.98 Å². The summed E-state index contributed by atoms with van der Waals surface area (Å²) in [5.41, 5.74) is 0.214. The highest BCUT2D eigenvalue weighted by atomic mass is 35.5. The fraction of sp³-hybridized carbons (Fsp3) is 0.214. The largest absolute Gasteiger partial charge is 0.417 e. The molecule has 0 fully saturated rings. The molecule has 0 saturated heterocycles. The Morgan fingerprint density at radius 1 is 1.10 bits per heavy atom. The van der Waals surface area contributed by atoms with Crippen molar-refractivity contribution in [2.24, 2.45) is 0 Å². The summed E-state index contributed by atoms with van der Waals surface area (Å²) < 4.78 is 37.1. The summed E-state index contributed by atoms with van der Waals surface area (Å²) in [6.07, 6.45) is -3.48. The molecule has 0 atom stereocenters. The van der Waals surface area contributed by atoms with E-state index < -0.39 is 11.7 Å². The summed E-state index contributed by atoms with van der Waals surface area (Å²) in [4.78, 5) is 3.80. The average Bonchev–Trinajstić information content (AvgIpc) is 2.45. The average molecular weight is 333 g/mol. The van der Waals surface area contributed by atoms with Crippen molar-refractivity contribution in [1.29, 1.82) is 0 Å². The van der Waals surface area contributed by atoms with Gasteiger partial charge in [-0.15, -0.1) is 11.8 Å². The predicted octanol–water partition coefficient (Wildman–Crippen LogP) is 4.96. The van der Waals surface area contributed by atoms with Crippen LogP contribution in [0.15, 0.2) is 47.6 Å². The topological polar surface area (TPSA) is 24.9 Å². The van der Waals surface area contributed by atoms with Crippen LogP contribution in [0.5, 0.6) is 0 Å². The lowest BCUT2D eigenvalue weighted by molar-refractivity contribution is -0.137. The summed E-state index contributed by atoms with van der Waals surface area (Å²) in [5.74, 6) is 0.695. The molecule has 0 aliphatic rings. The zero-order valence-electron chi connectivity index (χ0n) is 10.8. The summed E-state index contributed by atoms with van der Waals surface area (Å²) in [6.45, 7) is 0.676. The van der Waals surface area contributed by atoms with E-state index in [4.69, 9.17) is 11.6 Å². The van der Waals surface area contributed by atoms with Crippen molar-refractivity contribution in [2.75, 3.05) is 17.6 Å². The number of thioether (sulfide) groups is 1. The number of aromatic nitrogens is 1. The van der Waals surface area contributed by atoms with Gasteiger partial charge in [0, 0.05) is 29.2 Å². The van der Waals surface area contributed by atoms with Crippen molar-refractivity contribution in [2.45, 2.75) is 11.2 Å². The maximum absolute atomic E-state index is 12.4. The Morgan fingerprint density at radius 3 is 2.38 bits per heavy atom. The van der Waals surface area contributed by atoms with Crippen molar-refractivity contribution < 1.29 is 13.2 Å². The van der Waals surface area contributed by atoms with E-state index in [2.05, 4.69) is 10.3 Å². The van der Waals surface area contributed by atoms with Crippen LogP contribution in [-0.4, -0.2) is 17.3 Å². The third-order valence-electron chi connectivity index (χ3n) is 2.59. The molecule has 0 amide bonds. The normalized spacial score (nSPS) is 11.4. The van der Waals surface area contributed by atoms with Crippen LogP contribution in [0.4, 0.5) is 18.9 Å². The summed E-state index contributed by atoms with van der Waals surface area (Å²) in [6, 6.07) is 9.73. The van der Waals surface area contributed by atoms with Gasteiger partial charge in [0.15, 0.2) is 0 Å². The number of rotatable bonds is 5. The Hall–Kier alpha value is -1.40. The van der Waals surface area contributed by atoms with Crippen LogP contribution in [0.2, 0.25) is 5.02 Å². The van der Waals surface area contributed by atoms with E-state index in [9.17, 15) is 13.2 Å². The molecule has 1 heterocycles. The van der Waals surface area contributed by atoms with Crippen LogP contribution < -0.4 is 5.32 Å². The minimum absolute atomic E-state index is 0.570. The lowest BCUT2D eigenvalue weighted by Crippen LogP contribution is -2.06. The highest BCUT2D eigenvalue weighted by molar-refractivity contribution is 7.99. The molecule has 1 aromatic carbocycles. The Bertz CT molecular complexity index is 570. The minimum atomic E-state index is -4.34. The number of pyridine rings is 1. The first-order valence-corrected chi connectivity index (χ1v) is 7.47. The fourth-order valence-corrected chi connectivity index (χ4v) is 2.38. The number of halogens is 4. The van der Waals surface area contributed by atoms with Gasteiger partial charge in [-0.1, -0.05) is 11.6 Å².